The zero-order valence-electron chi connectivity index (χ0n) is 14.8. The highest BCUT2D eigenvalue weighted by Crippen LogP contribution is 2.14. The van der Waals surface area contributed by atoms with Gasteiger partial charge >= 0.3 is 0 Å². The Morgan fingerprint density at radius 2 is 1.84 bits per heavy atom. The number of anilines is 1. The summed E-state index contributed by atoms with van der Waals surface area (Å²) in [7, 11) is 0. The SMILES string of the molecule is Cc1cc(C)cc(NC(=S)N2CCC[NH+](Cc3ccc(F)cc3)C2)c1. The average Bonchev–Trinajstić information content (AvgIpc) is 2.56. The number of halogens is 1. The molecular weight excluding hydrogens is 333 g/mol. The van der Waals surface area contributed by atoms with E-state index in [1.165, 1.54) is 28.2 Å². The van der Waals surface area contributed by atoms with E-state index in [1.54, 1.807) is 0 Å². The van der Waals surface area contributed by atoms with Crippen LogP contribution in [0.25, 0.3) is 0 Å². The van der Waals surface area contributed by atoms with E-state index < -0.39 is 0 Å². The highest BCUT2D eigenvalue weighted by Gasteiger charge is 2.22. The summed E-state index contributed by atoms with van der Waals surface area (Å²) >= 11 is 5.63. The standard InChI is InChI=1S/C20H24FN3S/c1-15-10-16(2)12-19(11-15)22-20(25)24-9-3-8-23(14-24)13-17-4-6-18(21)7-5-17/h4-7,10-12H,3,8-9,13-14H2,1-2H3,(H,22,25)/p+1. The molecule has 5 heteroatoms. The van der Waals surface area contributed by atoms with E-state index in [0.717, 1.165) is 49.1 Å². The van der Waals surface area contributed by atoms with E-state index in [0.29, 0.717) is 0 Å². The average molecular weight is 359 g/mol. The molecule has 1 aliphatic heterocycles. The van der Waals surface area contributed by atoms with Crippen LogP contribution < -0.4 is 10.2 Å². The minimum absolute atomic E-state index is 0.183. The van der Waals surface area contributed by atoms with E-state index in [9.17, 15) is 4.39 Å². The number of hydrogen-bond acceptors (Lipinski definition) is 1. The van der Waals surface area contributed by atoms with Gasteiger partial charge in [0.1, 0.15) is 12.4 Å². The fraction of sp³-hybridized carbons (Fsp3) is 0.350. The molecule has 132 valence electrons. The van der Waals surface area contributed by atoms with E-state index in [1.807, 2.05) is 12.1 Å². The molecular formula is C20H25FN3S+. The molecule has 2 aromatic rings. The molecule has 0 bridgehead atoms. The van der Waals surface area contributed by atoms with Gasteiger partial charge in [-0.2, -0.15) is 0 Å². The maximum atomic E-state index is 13.1. The Morgan fingerprint density at radius 1 is 1.16 bits per heavy atom. The third-order valence-corrected chi connectivity index (χ3v) is 4.86. The number of quaternary nitrogens is 1. The van der Waals surface area contributed by atoms with Crippen molar-refractivity contribution in [3.05, 3.63) is 65.0 Å². The molecule has 0 amide bonds. The van der Waals surface area contributed by atoms with E-state index >= 15 is 0 Å². The molecule has 2 aromatic carbocycles. The Hall–Kier alpha value is -1.98. The van der Waals surface area contributed by atoms with Gasteiger partial charge in [-0.1, -0.05) is 18.2 Å². The highest BCUT2D eigenvalue weighted by molar-refractivity contribution is 7.80. The topological polar surface area (TPSA) is 19.7 Å². The van der Waals surface area contributed by atoms with Gasteiger partial charge in [-0.15, -0.1) is 0 Å². The van der Waals surface area contributed by atoms with Crippen LogP contribution in [0.5, 0.6) is 0 Å². The lowest BCUT2D eigenvalue weighted by molar-refractivity contribution is -0.927. The Morgan fingerprint density at radius 3 is 2.52 bits per heavy atom. The molecule has 1 saturated heterocycles. The Kier molecular flexibility index (Phi) is 5.66. The van der Waals surface area contributed by atoms with Gasteiger partial charge < -0.3 is 15.1 Å². The first-order valence-corrected chi connectivity index (χ1v) is 9.13. The Labute approximate surface area is 154 Å². The van der Waals surface area contributed by atoms with Gasteiger partial charge in [-0.25, -0.2) is 4.39 Å². The minimum atomic E-state index is -0.183. The van der Waals surface area contributed by atoms with Gasteiger partial charge in [-0.05, 0) is 61.5 Å². The molecule has 25 heavy (non-hydrogen) atoms. The van der Waals surface area contributed by atoms with Crippen molar-refractivity contribution in [1.29, 1.82) is 0 Å². The maximum Gasteiger partial charge on any atom is 0.177 e. The smallest absolute Gasteiger partial charge is 0.177 e. The zero-order valence-corrected chi connectivity index (χ0v) is 15.6. The first kappa shape index (κ1) is 17.8. The van der Waals surface area contributed by atoms with Crippen LogP contribution in [-0.4, -0.2) is 29.8 Å². The van der Waals surface area contributed by atoms with Gasteiger partial charge in [0, 0.05) is 24.2 Å². The van der Waals surface area contributed by atoms with Gasteiger partial charge in [-0.3, -0.25) is 0 Å². The molecule has 1 fully saturated rings. The second-order valence-electron chi connectivity index (χ2n) is 6.88. The molecule has 0 aliphatic carbocycles. The van der Waals surface area contributed by atoms with E-state index in [2.05, 4.69) is 42.3 Å². The summed E-state index contributed by atoms with van der Waals surface area (Å²) in [4.78, 5) is 3.68. The van der Waals surface area contributed by atoms with Crippen molar-refractivity contribution in [3.8, 4) is 0 Å². The van der Waals surface area contributed by atoms with Crippen LogP contribution in [-0.2, 0) is 6.54 Å². The molecule has 1 aliphatic rings. The third-order valence-electron chi connectivity index (χ3n) is 4.50. The second kappa shape index (κ2) is 7.93. The first-order chi connectivity index (χ1) is 12.0. The van der Waals surface area contributed by atoms with Crippen molar-refractivity contribution in [3.63, 3.8) is 0 Å². The van der Waals surface area contributed by atoms with Crippen molar-refractivity contribution in [2.75, 3.05) is 25.1 Å². The summed E-state index contributed by atoms with van der Waals surface area (Å²) in [5.74, 6) is -0.183. The fourth-order valence-corrected chi connectivity index (χ4v) is 3.68. The van der Waals surface area contributed by atoms with Crippen LogP contribution in [0, 0.1) is 19.7 Å². The molecule has 3 rings (SSSR count). The van der Waals surface area contributed by atoms with Crippen molar-refractivity contribution in [1.82, 2.24) is 4.90 Å². The van der Waals surface area contributed by atoms with Crippen LogP contribution >= 0.6 is 12.2 Å². The second-order valence-corrected chi connectivity index (χ2v) is 7.27. The Balaban J connectivity index is 1.60. The maximum absolute atomic E-state index is 13.1. The summed E-state index contributed by atoms with van der Waals surface area (Å²) in [5, 5.41) is 4.16. The number of aryl methyl sites for hydroxylation is 2. The van der Waals surface area contributed by atoms with Crippen molar-refractivity contribution < 1.29 is 9.29 Å². The normalized spacial score (nSPS) is 17.4. The number of thiocarbonyl (C=S) groups is 1. The largest absolute Gasteiger partial charge is 0.332 e. The molecule has 0 spiro atoms. The molecule has 2 N–H and O–H groups in total. The monoisotopic (exact) mass is 358 g/mol. The van der Waals surface area contributed by atoms with E-state index in [4.69, 9.17) is 12.2 Å². The van der Waals surface area contributed by atoms with Gasteiger partial charge in [0.2, 0.25) is 0 Å². The summed E-state index contributed by atoms with van der Waals surface area (Å²) < 4.78 is 13.1. The first-order valence-electron chi connectivity index (χ1n) is 8.72. The third kappa shape index (κ3) is 5.00. The molecule has 1 atom stereocenters. The minimum Gasteiger partial charge on any atom is -0.332 e. The number of nitrogens with one attached hydrogen (secondary N) is 2. The van der Waals surface area contributed by atoms with Gasteiger partial charge in [0.05, 0.1) is 6.54 Å². The van der Waals surface area contributed by atoms with Crippen LogP contribution in [0.15, 0.2) is 42.5 Å². The highest BCUT2D eigenvalue weighted by atomic mass is 32.1. The predicted molar refractivity (Wildman–Crippen MR) is 104 cm³/mol. The summed E-state index contributed by atoms with van der Waals surface area (Å²) in [6.45, 7) is 8.04. The van der Waals surface area contributed by atoms with E-state index in [-0.39, 0.29) is 5.82 Å². The van der Waals surface area contributed by atoms with Crippen LogP contribution in [0.2, 0.25) is 0 Å². The van der Waals surface area contributed by atoms with Crippen LogP contribution in [0.4, 0.5) is 10.1 Å². The molecule has 0 radical (unpaired) electrons. The molecule has 3 nitrogen and oxygen atoms in total. The van der Waals surface area contributed by atoms with Gasteiger partial charge in [0.15, 0.2) is 11.8 Å². The molecule has 0 saturated carbocycles. The summed E-state index contributed by atoms with van der Waals surface area (Å²) in [5.41, 5.74) is 4.67. The quantitative estimate of drug-likeness (QED) is 0.823. The summed E-state index contributed by atoms with van der Waals surface area (Å²) in [6.07, 6.45) is 1.10. The van der Waals surface area contributed by atoms with Crippen LogP contribution in [0.3, 0.4) is 0 Å². The molecule has 1 heterocycles. The number of nitrogens with zero attached hydrogens (tertiary/aromatic N) is 1. The van der Waals surface area contributed by atoms with Crippen molar-refractivity contribution in [2.45, 2.75) is 26.8 Å². The number of benzene rings is 2. The van der Waals surface area contributed by atoms with Gasteiger partial charge in [0.25, 0.3) is 0 Å². The lowest BCUT2D eigenvalue weighted by Gasteiger charge is -2.34. The predicted octanol–water partition coefficient (Wildman–Crippen LogP) is 2.89. The molecule has 0 aromatic heterocycles. The fourth-order valence-electron chi connectivity index (χ4n) is 3.41. The Bertz CT molecular complexity index is 725. The molecule has 1 unspecified atom stereocenters. The summed E-state index contributed by atoms with van der Waals surface area (Å²) in [6, 6.07) is 13.2. The number of hydrogen-bond donors (Lipinski definition) is 2. The zero-order chi connectivity index (χ0) is 17.8. The van der Waals surface area contributed by atoms with Crippen molar-refractivity contribution >= 4 is 23.0 Å². The van der Waals surface area contributed by atoms with Crippen molar-refractivity contribution in [2.24, 2.45) is 0 Å². The number of rotatable bonds is 3. The lowest BCUT2D eigenvalue weighted by atomic mass is 10.1. The lowest BCUT2D eigenvalue weighted by Crippen LogP contribution is -3.13. The van der Waals surface area contributed by atoms with Crippen LogP contribution in [0.1, 0.15) is 23.1 Å².